The van der Waals surface area contributed by atoms with Crippen LogP contribution in [-0.2, 0) is 4.79 Å². The molecule has 138 valence electrons. The number of nitrogens with one attached hydrogen (secondary N) is 1. The SMILES string of the molecule is O=C(COc1ccc(F)cc1Br)NC1CCN(C(=O)c2ccco2)CC1. The Kier molecular flexibility index (Phi) is 5.92. The molecule has 1 aromatic heterocycles. The summed E-state index contributed by atoms with van der Waals surface area (Å²) in [5, 5.41) is 2.90. The largest absolute Gasteiger partial charge is 0.483 e. The fraction of sp³-hybridized carbons (Fsp3) is 0.333. The number of furan rings is 1. The van der Waals surface area contributed by atoms with Gasteiger partial charge in [-0.25, -0.2) is 4.39 Å². The van der Waals surface area contributed by atoms with E-state index in [1.54, 1.807) is 17.0 Å². The number of benzene rings is 1. The zero-order chi connectivity index (χ0) is 18.5. The standard InChI is InChI=1S/C18H18BrFN2O4/c19-14-10-12(20)3-4-15(14)26-11-17(23)21-13-5-7-22(8-6-13)18(24)16-2-1-9-25-16/h1-4,9-10,13H,5-8,11H2,(H,21,23). The van der Waals surface area contributed by atoms with Crippen molar-refractivity contribution < 1.29 is 23.1 Å². The number of nitrogens with zero attached hydrogens (tertiary/aromatic N) is 1. The lowest BCUT2D eigenvalue weighted by Gasteiger charge is -2.31. The average Bonchev–Trinajstić information content (AvgIpc) is 3.16. The molecule has 2 heterocycles. The molecule has 26 heavy (non-hydrogen) atoms. The van der Waals surface area contributed by atoms with Crippen molar-refractivity contribution in [2.24, 2.45) is 0 Å². The fourth-order valence-corrected chi connectivity index (χ4v) is 3.25. The molecule has 0 atom stereocenters. The van der Waals surface area contributed by atoms with Gasteiger partial charge in [-0.3, -0.25) is 9.59 Å². The van der Waals surface area contributed by atoms with Crippen molar-refractivity contribution >= 4 is 27.7 Å². The Labute approximate surface area is 158 Å². The maximum Gasteiger partial charge on any atom is 0.289 e. The molecule has 1 aliphatic rings. The van der Waals surface area contributed by atoms with Gasteiger partial charge in [-0.15, -0.1) is 0 Å². The Balaban J connectivity index is 1.42. The number of rotatable bonds is 5. The van der Waals surface area contributed by atoms with Gasteiger partial charge in [0.25, 0.3) is 11.8 Å². The quantitative estimate of drug-likeness (QED) is 0.800. The molecule has 1 saturated heterocycles. The molecule has 1 N–H and O–H groups in total. The number of amides is 2. The number of hydrogen-bond donors (Lipinski definition) is 1. The number of likely N-dealkylation sites (tertiary alicyclic amines) is 1. The highest BCUT2D eigenvalue weighted by Crippen LogP contribution is 2.25. The number of carbonyl (C=O) groups is 2. The molecule has 0 unspecified atom stereocenters. The maximum absolute atomic E-state index is 13.0. The van der Waals surface area contributed by atoms with Crippen molar-refractivity contribution in [3.05, 3.63) is 52.6 Å². The van der Waals surface area contributed by atoms with Crippen molar-refractivity contribution in [3.8, 4) is 5.75 Å². The van der Waals surface area contributed by atoms with E-state index in [1.165, 1.54) is 24.5 Å². The van der Waals surface area contributed by atoms with Gasteiger partial charge in [0.2, 0.25) is 0 Å². The highest BCUT2D eigenvalue weighted by Gasteiger charge is 2.25. The molecule has 0 saturated carbocycles. The van der Waals surface area contributed by atoms with Gasteiger partial charge in [0.1, 0.15) is 11.6 Å². The van der Waals surface area contributed by atoms with Crippen LogP contribution in [0.1, 0.15) is 23.4 Å². The third kappa shape index (κ3) is 4.63. The summed E-state index contributed by atoms with van der Waals surface area (Å²) in [6, 6.07) is 7.32. The minimum atomic E-state index is -0.385. The van der Waals surface area contributed by atoms with E-state index in [4.69, 9.17) is 9.15 Å². The second-order valence-corrected chi connectivity index (χ2v) is 6.83. The first-order valence-corrected chi connectivity index (χ1v) is 9.02. The summed E-state index contributed by atoms with van der Waals surface area (Å²) in [4.78, 5) is 26.0. The minimum Gasteiger partial charge on any atom is -0.483 e. The summed E-state index contributed by atoms with van der Waals surface area (Å²) >= 11 is 3.19. The van der Waals surface area contributed by atoms with E-state index < -0.39 is 0 Å². The second-order valence-electron chi connectivity index (χ2n) is 5.97. The van der Waals surface area contributed by atoms with E-state index in [2.05, 4.69) is 21.2 Å². The molecule has 1 fully saturated rings. The third-order valence-corrected chi connectivity index (χ3v) is 4.75. The van der Waals surface area contributed by atoms with E-state index in [-0.39, 0.29) is 30.3 Å². The summed E-state index contributed by atoms with van der Waals surface area (Å²) < 4.78 is 24.0. The first-order chi connectivity index (χ1) is 12.5. The van der Waals surface area contributed by atoms with Gasteiger partial charge in [-0.05, 0) is 59.1 Å². The molecule has 2 aromatic rings. The summed E-state index contributed by atoms with van der Waals surface area (Å²) in [5.41, 5.74) is 0. The monoisotopic (exact) mass is 424 g/mol. The molecule has 3 rings (SSSR count). The zero-order valence-corrected chi connectivity index (χ0v) is 15.5. The highest BCUT2D eigenvalue weighted by atomic mass is 79.9. The number of carbonyl (C=O) groups excluding carboxylic acids is 2. The Morgan fingerprint density at radius 3 is 2.73 bits per heavy atom. The molecule has 1 aromatic carbocycles. The van der Waals surface area contributed by atoms with Crippen LogP contribution in [0.25, 0.3) is 0 Å². The van der Waals surface area contributed by atoms with Gasteiger partial charge in [0.15, 0.2) is 12.4 Å². The van der Waals surface area contributed by atoms with Crippen LogP contribution in [0.3, 0.4) is 0 Å². The molecule has 0 spiro atoms. The van der Waals surface area contributed by atoms with Crippen LogP contribution in [0.4, 0.5) is 4.39 Å². The van der Waals surface area contributed by atoms with Crippen molar-refractivity contribution in [1.82, 2.24) is 10.2 Å². The maximum atomic E-state index is 13.0. The lowest BCUT2D eigenvalue weighted by molar-refractivity contribution is -0.124. The summed E-state index contributed by atoms with van der Waals surface area (Å²) in [6.45, 7) is 0.944. The molecule has 6 nitrogen and oxygen atoms in total. The predicted molar refractivity (Wildman–Crippen MR) is 95.4 cm³/mol. The normalized spacial score (nSPS) is 14.9. The number of piperidine rings is 1. The van der Waals surface area contributed by atoms with Crippen molar-refractivity contribution in [3.63, 3.8) is 0 Å². The van der Waals surface area contributed by atoms with Crippen LogP contribution >= 0.6 is 15.9 Å². The van der Waals surface area contributed by atoms with Crippen LogP contribution in [0, 0.1) is 5.82 Å². The predicted octanol–water partition coefficient (Wildman–Crippen LogP) is 2.98. The zero-order valence-electron chi connectivity index (χ0n) is 13.9. The molecule has 2 amide bonds. The van der Waals surface area contributed by atoms with Crippen molar-refractivity contribution in [2.45, 2.75) is 18.9 Å². The minimum absolute atomic E-state index is 0.0107. The van der Waals surface area contributed by atoms with Gasteiger partial charge in [-0.2, -0.15) is 0 Å². The number of ether oxygens (including phenoxy) is 1. The average molecular weight is 425 g/mol. The molecule has 0 aliphatic carbocycles. The first kappa shape index (κ1) is 18.4. The van der Waals surface area contributed by atoms with E-state index in [1.807, 2.05) is 0 Å². The van der Waals surface area contributed by atoms with Gasteiger partial charge in [0, 0.05) is 19.1 Å². The number of hydrogen-bond acceptors (Lipinski definition) is 4. The Morgan fingerprint density at radius 1 is 1.31 bits per heavy atom. The summed E-state index contributed by atoms with van der Waals surface area (Å²) in [5.74, 6) is -0.0444. The van der Waals surface area contributed by atoms with Crippen LogP contribution < -0.4 is 10.1 Å². The van der Waals surface area contributed by atoms with Crippen LogP contribution in [0.2, 0.25) is 0 Å². The van der Waals surface area contributed by atoms with E-state index in [0.29, 0.717) is 41.9 Å². The van der Waals surface area contributed by atoms with Gasteiger partial charge in [-0.1, -0.05) is 0 Å². The van der Waals surface area contributed by atoms with Crippen LogP contribution in [0.15, 0.2) is 45.5 Å². The number of halogens is 2. The van der Waals surface area contributed by atoms with Crippen molar-refractivity contribution in [1.29, 1.82) is 0 Å². The Morgan fingerprint density at radius 2 is 2.08 bits per heavy atom. The molecule has 0 bridgehead atoms. The lowest BCUT2D eigenvalue weighted by atomic mass is 10.0. The first-order valence-electron chi connectivity index (χ1n) is 8.23. The molecular weight excluding hydrogens is 407 g/mol. The fourth-order valence-electron chi connectivity index (χ4n) is 2.79. The summed E-state index contributed by atoms with van der Waals surface area (Å²) in [6.07, 6.45) is 2.80. The second kappa shape index (κ2) is 8.35. The smallest absolute Gasteiger partial charge is 0.289 e. The molecule has 8 heteroatoms. The van der Waals surface area contributed by atoms with E-state index in [9.17, 15) is 14.0 Å². The molecular formula is C18H18BrFN2O4. The lowest BCUT2D eigenvalue weighted by Crippen LogP contribution is -2.47. The van der Waals surface area contributed by atoms with E-state index >= 15 is 0 Å². The highest BCUT2D eigenvalue weighted by molar-refractivity contribution is 9.10. The van der Waals surface area contributed by atoms with E-state index in [0.717, 1.165) is 0 Å². The van der Waals surface area contributed by atoms with Gasteiger partial charge >= 0.3 is 0 Å². The van der Waals surface area contributed by atoms with Crippen LogP contribution in [-0.4, -0.2) is 42.5 Å². The Hall–Kier alpha value is -2.35. The summed E-state index contributed by atoms with van der Waals surface area (Å²) in [7, 11) is 0. The van der Waals surface area contributed by atoms with Crippen molar-refractivity contribution in [2.75, 3.05) is 19.7 Å². The Bertz CT molecular complexity index is 774. The molecule has 0 radical (unpaired) electrons. The van der Waals surface area contributed by atoms with Gasteiger partial charge < -0.3 is 19.4 Å². The molecule has 1 aliphatic heterocycles. The van der Waals surface area contributed by atoms with Crippen LogP contribution in [0.5, 0.6) is 5.75 Å². The van der Waals surface area contributed by atoms with Gasteiger partial charge in [0.05, 0.1) is 10.7 Å². The third-order valence-electron chi connectivity index (χ3n) is 4.13. The topological polar surface area (TPSA) is 71.8 Å².